The second kappa shape index (κ2) is 11.6. The van der Waals surface area contributed by atoms with Crippen LogP contribution in [0.15, 0.2) is 103 Å². The van der Waals surface area contributed by atoms with Crippen molar-refractivity contribution in [2.75, 3.05) is 0 Å². The van der Waals surface area contributed by atoms with Crippen molar-refractivity contribution >= 4 is 33.9 Å². The first kappa shape index (κ1) is 24.5. The Morgan fingerprint density at radius 1 is 0.848 bits per heavy atom. The summed E-state index contributed by atoms with van der Waals surface area (Å²) < 4.78 is 0. The molecule has 0 aliphatic carbocycles. The van der Waals surface area contributed by atoms with Gasteiger partial charge in [-0.05, 0) is 55.4 Å². The lowest BCUT2D eigenvalue weighted by Gasteiger charge is -2.30. The van der Waals surface area contributed by atoms with Crippen LogP contribution in [0.2, 0.25) is 0 Å². The first-order chi connectivity index (χ1) is 16.0. The Morgan fingerprint density at radius 3 is 1.64 bits per heavy atom. The molecule has 3 aromatic carbocycles. The molecule has 0 aromatic heterocycles. The lowest BCUT2D eigenvalue weighted by atomic mass is 9.97. The van der Waals surface area contributed by atoms with E-state index in [4.69, 9.17) is 0 Å². The number of rotatable bonds is 9. The van der Waals surface area contributed by atoms with Crippen molar-refractivity contribution in [3.05, 3.63) is 103 Å². The third-order valence-corrected chi connectivity index (χ3v) is 10.1. The van der Waals surface area contributed by atoms with E-state index in [-0.39, 0.29) is 11.7 Å². The van der Waals surface area contributed by atoms with E-state index in [1.807, 2.05) is 54.6 Å². The summed E-state index contributed by atoms with van der Waals surface area (Å²) in [5, 5.41) is 14.0. The number of allylic oxidation sites excluding steroid dienone is 2. The average molecular weight is 454 g/mol. The largest absolute Gasteiger partial charge is 0.293 e. The van der Waals surface area contributed by atoms with Gasteiger partial charge in [0.2, 0.25) is 0 Å². The summed E-state index contributed by atoms with van der Waals surface area (Å²) >= 11 is 0. The molecule has 0 spiro atoms. The van der Waals surface area contributed by atoms with Gasteiger partial charge in [-0.1, -0.05) is 110 Å². The molecule has 3 aromatic rings. The molecule has 0 aliphatic rings. The molecule has 0 bridgehead atoms. The van der Waals surface area contributed by atoms with Crippen molar-refractivity contribution in [3.63, 3.8) is 0 Å². The van der Waals surface area contributed by atoms with Gasteiger partial charge in [0.1, 0.15) is 11.4 Å². The summed E-state index contributed by atoms with van der Waals surface area (Å²) in [7, 11) is 0. The SMILES string of the molecule is CC(C)=CCCC(C)CC(=O)C(C#N)=P(c1ccccc1)(c1ccccc1)c1ccccc1. The summed E-state index contributed by atoms with van der Waals surface area (Å²) in [5.41, 5.74) is 1.29. The molecule has 3 rings (SSSR count). The van der Waals surface area contributed by atoms with E-state index in [0.717, 1.165) is 28.8 Å². The molecule has 0 saturated carbocycles. The van der Waals surface area contributed by atoms with Crippen molar-refractivity contribution in [1.82, 2.24) is 0 Å². The second-order valence-electron chi connectivity index (χ2n) is 8.73. The Labute approximate surface area is 198 Å². The van der Waals surface area contributed by atoms with Crippen molar-refractivity contribution in [2.24, 2.45) is 5.92 Å². The van der Waals surface area contributed by atoms with Crippen molar-refractivity contribution < 1.29 is 4.79 Å². The highest BCUT2D eigenvalue weighted by molar-refractivity contribution is 7.96. The highest BCUT2D eigenvalue weighted by Gasteiger charge is 2.33. The maximum absolute atomic E-state index is 13.8. The summed E-state index contributed by atoms with van der Waals surface area (Å²) in [6.45, 7) is 3.67. The third-order valence-electron chi connectivity index (χ3n) is 5.88. The van der Waals surface area contributed by atoms with Crippen LogP contribution in [0.4, 0.5) is 0 Å². The first-order valence-corrected chi connectivity index (χ1v) is 13.3. The predicted octanol–water partition coefficient (Wildman–Crippen LogP) is 6.02. The Bertz CT molecular complexity index is 1080. The van der Waals surface area contributed by atoms with Crippen molar-refractivity contribution in [1.29, 1.82) is 5.26 Å². The second-order valence-corrected chi connectivity index (χ2v) is 12.1. The van der Waals surface area contributed by atoms with Crippen molar-refractivity contribution in [3.8, 4) is 6.07 Å². The number of benzene rings is 3. The molecule has 168 valence electrons. The average Bonchev–Trinajstić information content (AvgIpc) is 2.83. The van der Waals surface area contributed by atoms with Gasteiger partial charge in [-0.3, -0.25) is 4.79 Å². The van der Waals surface area contributed by atoms with Gasteiger partial charge in [0, 0.05) is 6.42 Å². The molecule has 0 N–H and O–H groups in total. The lowest BCUT2D eigenvalue weighted by Crippen LogP contribution is -2.33. The van der Waals surface area contributed by atoms with Crippen LogP contribution in [0.1, 0.15) is 40.0 Å². The fourth-order valence-corrected chi connectivity index (χ4v) is 8.43. The minimum Gasteiger partial charge on any atom is -0.293 e. The van der Waals surface area contributed by atoms with Crippen LogP contribution in [0, 0.1) is 17.2 Å². The van der Waals surface area contributed by atoms with Crippen LogP contribution in [0.3, 0.4) is 0 Å². The fourth-order valence-electron chi connectivity index (χ4n) is 4.29. The van der Waals surface area contributed by atoms with Crippen LogP contribution in [0.5, 0.6) is 0 Å². The maximum Gasteiger partial charge on any atom is 0.174 e. The van der Waals surface area contributed by atoms with Gasteiger partial charge in [0.05, 0.1) is 0 Å². The lowest BCUT2D eigenvalue weighted by molar-refractivity contribution is -0.113. The standard InChI is InChI=1S/C30H32NOP/c1-24(2)14-13-15-25(3)22-29(32)30(23-31)33(26-16-7-4-8-17-26,27-18-9-5-10-19-27)28-20-11-6-12-21-28/h4-12,14,16-21,25H,13,15,22H2,1-3H3. The summed E-state index contributed by atoms with van der Waals surface area (Å²) in [6.07, 6.45) is 4.48. The Morgan fingerprint density at radius 2 is 1.27 bits per heavy atom. The summed E-state index contributed by atoms with van der Waals surface area (Å²) in [6, 6.07) is 32.7. The Balaban J connectivity index is 2.26. The van der Waals surface area contributed by atoms with Crippen LogP contribution in [-0.4, -0.2) is 11.1 Å². The number of nitrogens with zero attached hydrogens (tertiary/aromatic N) is 1. The van der Waals surface area contributed by atoms with E-state index >= 15 is 0 Å². The van der Waals surface area contributed by atoms with E-state index < -0.39 is 6.89 Å². The highest BCUT2D eigenvalue weighted by Crippen LogP contribution is 2.46. The Kier molecular flexibility index (Phi) is 8.65. The smallest absolute Gasteiger partial charge is 0.174 e. The van der Waals surface area contributed by atoms with Gasteiger partial charge in [-0.15, -0.1) is 0 Å². The van der Waals surface area contributed by atoms with Gasteiger partial charge in [0.15, 0.2) is 5.78 Å². The molecule has 0 aliphatic heterocycles. The van der Waals surface area contributed by atoms with Gasteiger partial charge >= 0.3 is 0 Å². The number of carbonyl (C=O) groups is 1. The van der Waals surface area contributed by atoms with Crippen LogP contribution < -0.4 is 15.9 Å². The monoisotopic (exact) mass is 453 g/mol. The number of Topliss-reactive ketones (excluding diaryl/α,β-unsaturated/α-hetero) is 1. The van der Waals surface area contributed by atoms with Gasteiger partial charge in [-0.2, -0.15) is 5.26 Å². The van der Waals surface area contributed by atoms with Crippen molar-refractivity contribution in [2.45, 2.75) is 40.0 Å². The molecule has 1 atom stereocenters. The quantitative estimate of drug-likeness (QED) is 0.294. The zero-order chi connectivity index (χ0) is 23.7. The normalized spacial score (nSPS) is 11.8. The number of hydrogen-bond donors (Lipinski definition) is 0. The van der Waals surface area contributed by atoms with E-state index in [2.05, 4.69) is 69.3 Å². The van der Waals surface area contributed by atoms with Gasteiger partial charge < -0.3 is 0 Å². The van der Waals surface area contributed by atoms with E-state index in [1.54, 1.807) is 0 Å². The molecule has 2 nitrogen and oxygen atoms in total. The van der Waals surface area contributed by atoms with Gasteiger partial charge in [-0.25, -0.2) is 0 Å². The minimum absolute atomic E-state index is 0.0351. The topological polar surface area (TPSA) is 40.9 Å². The highest BCUT2D eigenvalue weighted by atomic mass is 31.2. The number of hydrogen-bond acceptors (Lipinski definition) is 2. The number of carbonyl (C=O) groups excluding carboxylic acids is 1. The molecular formula is C30H32NOP. The summed E-state index contributed by atoms with van der Waals surface area (Å²) in [5.74, 6) is 0.174. The molecule has 33 heavy (non-hydrogen) atoms. The number of nitriles is 1. The van der Waals surface area contributed by atoms with Crippen LogP contribution in [-0.2, 0) is 4.79 Å². The molecule has 0 heterocycles. The molecule has 0 saturated heterocycles. The zero-order valence-corrected chi connectivity index (χ0v) is 20.6. The van der Waals surface area contributed by atoms with Crippen LogP contribution in [0.25, 0.3) is 0 Å². The predicted molar refractivity (Wildman–Crippen MR) is 143 cm³/mol. The molecule has 0 radical (unpaired) electrons. The molecule has 0 amide bonds. The molecule has 0 fully saturated rings. The Hall–Kier alpha value is -3.14. The molecular weight excluding hydrogens is 421 g/mol. The van der Waals surface area contributed by atoms with Crippen LogP contribution >= 0.6 is 6.89 Å². The molecule has 3 heteroatoms. The van der Waals surface area contributed by atoms with Gasteiger partial charge in [0.25, 0.3) is 0 Å². The summed E-state index contributed by atoms with van der Waals surface area (Å²) in [4.78, 5) is 13.8. The van der Waals surface area contributed by atoms with E-state index in [1.165, 1.54) is 5.57 Å². The molecule has 1 unspecified atom stereocenters. The minimum atomic E-state index is -2.62. The first-order valence-electron chi connectivity index (χ1n) is 11.5. The number of ketones is 1. The fraction of sp³-hybridized carbons (Fsp3) is 0.233. The maximum atomic E-state index is 13.8. The van der Waals surface area contributed by atoms with E-state index in [9.17, 15) is 10.1 Å². The zero-order valence-electron chi connectivity index (χ0n) is 19.7. The van der Waals surface area contributed by atoms with E-state index in [0.29, 0.717) is 11.7 Å². The third kappa shape index (κ3) is 5.62.